The maximum Gasteiger partial charge on any atom is 0.242 e. The Morgan fingerprint density at radius 2 is 2.38 bits per heavy atom. The van der Waals surface area contributed by atoms with Gasteiger partial charge < -0.3 is 5.73 Å². The van der Waals surface area contributed by atoms with Crippen molar-refractivity contribution in [3.05, 3.63) is 0 Å². The molecule has 0 bridgehead atoms. The zero-order valence-electron chi connectivity index (χ0n) is 4.55. The summed E-state index contributed by atoms with van der Waals surface area (Å²) >= 11 is 0. The molecule has 0 aromatic heterocycles. The highest BCUT2D eigenvalue weighted by atomic mass is 16.2. The van der Waals surface area contributed by atoms with E-state index in [0.29, 0.717) is 6.41 Å². The molecule has 3 N–H and O–H groups in total. The van der Waals surface area contributed by atoms with Crippen LogP contribution >= 0.6 is 0 Å². The predicted octanol–water partition coefficient (Wildman–Crippen LogP) is -1.39. The molecule has 4 nitrogen and oxygen atoms in total. The summed E-state index contributed by atoms with van der Waals surface area (Å²) in [5, 5.41) is 1.90. The Hall–Kier alpha value is -0.900. The zero-order valence-corrected chi connectivity index (χ0v) is 4.55. The fourth-order valence-electron chi connectivity index (χ4n) is 0.190. The smallest absolute Gasteiger partial charge is 0.242 e. The number of amides is 2. The predicted molar refractivity (Wildman–Crippen MR) is 27.9 cm³/mol. The van der Waals surface area contributed by atoms with E-state index in [1.165, 1.54) is 6.92 Å². The number of rotatable bonds is 2. The summed E-state index contributed by atoms with van der Waals surface area (Å²) in [5.74, 6) is -0.458. The summed E-state index contributed by atoms with van der Waals surface area (Å²) in [5.41, 5.74) is 5.05. The van der Waals surface area contributed by atoms with Crippen LogP contribution in [0.25, 0.3) is 0 Å². The van der Waals surface area contributed by atoms with Crippen molar-refractivity contribution in [1.29, 1.82) is 0 Å². The highest BCUT2D eigenvalue weighted by Gasteiger charge is 2.03. The lowest BCUT2D eigenvalue weighted by molar-refractivity contribution is -0.125. The topological polar surface area (TPSA) is 72.2 Å². The van der Waals surface area contributed by atoms with Gasteiger partial charge in [-0.2, -0.15) is 0 Å². The highest BCUT2D eigenvalue weighted by Crippen LogP contribution is 1.69. The Bertz CT molecular complexity index is 100. The van der Waals surface area contributed by atoms with Crippen LogP contribution in [-0.4, -0.2) is 18.4 Å². The van der Waals surface area contributed by atoms with Gasteiger partial charge in [-0.1, -0.05) is 0 Å². The SMILES string of the molecule is CC(N)C(=O)NC=O. The third-order valence-corrected chi connectivity index (χ3v) is 0.615. The van der Waals surface area contributed by atoms with Crippen molar-refractivity contribution in [3.63, 3.8) is 0 Å². The Morgan fingerprint density at radius 3 is 2.50 bits per heavy atom. The Kier molecular flexibility index (Phi) is 2.79. The minimum atomic E-state index is -0.611. The van der Waals surface area contributed by atoms with E-state index in [-0.39, 0.29) is 0 Å². The standard InChI is InChI=1S/C4H8N2O2/c1-3(5)4(8)6-2-7/h2-3H,5H2,1H3,(H,6,7,8). The van der Waals surface area contributed by atoms with E-state index in [4.69, 9.17) is 5.73 Å². The zero-order chi connectivity index (χ0) is 6.57. The molecular formula is C4H8N2O2. The van der Waals surface area contributed by atoms with Gasteiger partial charge in [0, 0.05) is 0 Å². The van der Waals surface area contributed by atoms with E-state index in [2.05, 4.69) is 0 Å². The summed E-state index contributed by atoms with van der Waals surface area (Å²) in [6, 6.07) is -0.611. The molecule has 0 radical (unpaired) electrons. The molecule has 0 heterocycles. The number of imide groups is 1. The van der Waals surface area contributed by atoms with Crippen molar-refractivity contribution in [2.75, 3.05) is 0 Å². The van der Waals surface area contributed by atoms with Gasteiger partial charge >= 0.3 is 0 Å². The lowest BCUT2D eigenvalue weighted by Crippen LogP contribution is -2.37. The van der Waals surface area contributed by atoms with Crippen LogP contribution in [0, 0.1) is 0 Å². The van der Waals surface area contributed by atoms with E-state index >= 15 is 0 Å². The van der Waals surface area contributed by atoms with Crippen LogP contribution in [0.3, 0.4) is 0 Å². The first-order valence-electron chi connectivity index (χ1n) is 2.18. The maximum atomic E-state index is 10.3. The van der Waals surface area contributed by atoms with Crippen LogP contribution in [-0.2, 0) is 9.59 Å². The van der Waals surface area contributed by atoms with E-state index in [1.807, 2.05) is 5.32 Å². The maximum absolute atomic E-state index is 10.3. The first-order valence-corrected chi connectivity index (χ1v) is 2.18. The van der Waals surface area contributed by atoms with Gasteiger partial charge in [0.15, 0.2) is 0 Å². The molecule has 46 valence electrons. The average Bonchev–Trinajstić information content (AvgIpc) is 1.67. The van der Waals surface area contributed by atoms with Crippen LogP contribution in [0.2, 0.25) is 0 Å². The van der Waals surface area contributed by atoms with Gasteiger partial charge in [-0.3, -0.25) is 14.9 Å². The molecule has 8 heavy (non-hydrogen) atoms. The monoisotopic (exact) mass is 116 g/mol. The van der Waals surface area contributed by atoms with Crippen molar-refractivity contribution >= 4 is 12.3 Å². The van der Waals surface area contributed by atoms with E-state index in [0.717, 1.165) is 0 Å². The second kappa shape index (κ2) is 3.15. The van der Waals surface area contributed by atoms with Crippen LogP contribution in [0.1, 0.15) is 6.92 Å². The molecule has 0 fully saturated rings. The van der Waals surface area contributed by atoms with Gasteiger partial charge in [-0.05, 0) is 6.92 Å². The number of hydrogen-bond acceptors (Lipinski definition) is 3. The van der Waals surface area contributed by atoms with E-state index in [9.17, 15) is 9.59 Å². The van der Waals surface area contributed by atoms with Gasteiger partial charge in [0.25, 0.3) is 0 Å². The third kappa shape index (κ3) is 2.30. The summed E-state index contributed by atoms with van der Waals surface area (Å²) in [4.78, 5) is 19.8. The first kappa shape index (κ1) is 7.10. The molecule has 1 atom stereocenters. The van der Waals surface area contributed by atoms with Crippen LogP contribution < -0.4 is 11.1 Å². The first-order chi connectivity index (χ1) is 3.68. The minimum absolute atomic E-state index is 0.311. The fraction of sp³-hybridized carbons (Fsp3) is 0.500. The number of carbonyl (C=O) groups excluding carboxylic acids is 2. The summed E-state index contributed by atoms with van der Waals surface area (Å²) in [7, 11) is 0. The van der Waals surface area contributed by atoms with Crippen LogP contribution in [0.5, 0.6) is 0 Å². The lowest BCUT2D eigenvalue weighted by Gasteiger charge is -1.98. The third-order valence-electron chi connectivity index (χ3n) is 0.615. The van der Waals surface area contributed by atoms with Gasteiger partial charge in [0.1, 0.15) is 0 Å². The van der Waals surface area contributed by atoms with Gasteiger partial charge in [-0.15, -0.1) is 0 Å². The lowest BCUT2D eigenvalue weighted by atomic mass is 10.3. The van der Waals surface area contributed by atoms with Crippen molar-refractivity contribution < 1.29 is 9.59 Å². The molecule has 0 aliphatic rings. The largest absolute Gasteiger partial charge is 0.320 e. The Labute approximate surface area is 47.0 Å². The second-order valence-electron chi connectivity index (χ2n) is 1.42. The number of nitrogens with one attached hydrogen (secondary N) is 1. The molecule has 0 aromatic carbocycles. The summed E-state index contributed by atoms with van der Waals surface area (Å²) in [6.45, 7) is 1.50. The average molecular weight is 116 g/mol. The molecule has 0 spiro atoms. The molecule has 0 saturated carbocycles. The summed E-state index contributed by atoms with van der Waals surface area (Å²) in [6.07, 6.45) is 0.311. The van der Waals surface area contributed by atoms with Gasteiger partial charge in [0.05, 0.1) is 6.04 Å². The molecule has 0 rings (SSSR count). The van der Waals surface area contributed by atoms with E-state index < -0.39 is 11.9 Å². The molecule has 2 amide bonds. The minimum Gasteiger partial charge on any atom is -0.320 e. The Balaban J connectivity index is 3.48. The number of nitrogens with two attached hydrogens (primary N) is 1. The number of carbonyl (C=O) groups is 2. The normalized spacial score (nSPS) is 12.2. The van der Waals surface area contributed by atoms with Crippen molar-refractivity contribution in [1.82, 2.24) is 5.32 Å². The molecule has 0 aliphatic carbocycles. The van der Waals surface area contributed by atoms with Gasteiger partial charge in [-0.25, -0.2) is 0 Å². The van der Waals surface area contributed by atoms with Crippen molar-refractivity contribution in [3.8, 4) is 0 Å². The van der Waals surface area contributed by atoms with Crippen LogP contribution in [0.4, 0.5) is 0 Å². The molecular weight excluding hydrogens is 108 g/mol. The quantitative estimate of drug-likeness (QED) is 0.436. The molecule has 0 aromatic rings. The van der Waals surface area contributed by atoms with Crippen molar-refractivity contribution in [2.45, 2.75) is 13.0 Å². The highest BCUT2D eigenvalue weighted by molar-refractivity contribution is 5.89. The van der Waals surface area contributed by atoms with Crippen molar-refractivity contribution in [2.24, 2.45) is 5.73 Å². The number of hydrogen-bond donors (Lipinski definition) is 2. The van der Waals surface area contributed by atoms with Gasteiger partial charge in [0.2, 0.25) is 12.3 Å². The Morgan fingerprint density at radius 1 is 1.88 bits per heavy atom. The van der Waals surface area contributed by atoms with E-state index in [1.54, 1.807) is 0 Å². The molecule has 4 heteroatoms. The summed E-state index contributed by atoms with van der Waals surface area (Å²) < 4.78 is 0. The molecule has 1 unspecified atom stereocenters. The van der Waals surface area contributed by atoms with Crippen LogP contribution in [0.15, 0.2) is 0 Å². The molecule has 0 aliphatic heterocycles. The fourth-order valence-corrected chi connectivity index (χ4v) is 0.190. The second-order valence-corrected chi connectivity index (χ2v) is 1.42. The molecule has 0 saturated heterocycles.